The number of aliphatic hydroxyl groups excluding tert-OH is 1. The van der Waals surface area contributed by atoms with Gasteiger partial charge in [-0.1, -0.05) is 150 Å². The molecule has 2 aromatic carbocycles. The second kappa shape index (κ2) is 33.4. The van der Waals surface area contributed by atoms with Gasteiger partial charge in [-0.25, -0.2) is 9.59 Å². The third-order valence-corrected chi connectivity index (χ3v) is 21.3. The predicted octanol–water partition coefficient (Wildman–Crippen LogP) is 9.88. The van der Waals surface area contributed by atoms with Crippen molar-refractivity contribution in [2.24, 2.45) is 33.5 Å². The van der Waals surface area contributed by atoms with Crippen molar-refractivity contribution in [2.75, 3.05) is 36.0 Å². The fraction of sp³-hybridized carbons (Fsp3) is 0.693. The van der Waals surface area contributed by atoms with E-state index in [4.69, 9.17) is 32.7 Å². The molecule has 10 rings (SSSR count). The highest BCUT2D eigenvalue weighted by molar-refractivity contribution is 6.38. The molecule has 4 heterocycles. The normalized spacial score (nSPS) is 24.2. The lowest BCUT2D eigenvalue weighted by atomic mass is 9.84. The maximum atomic E-state index is 14.6. The summed E-state index contributed by atoms with van der Waals surface area (Å²) in [5.41, 5.74) is -1.70. The largest absolute Gasteiger partial charge is 0.458 e. The smallest absolute Gasteiger partial charge is 0.329 e. The second-order valence-electron chi connectivity index (χ2n) is 31.6. The maximum Gasteiger partial charge on any atom is 0.329 e. The molecule has 1 unspecified atom stereocenters. The van der Waals surface area contributed by atoms with Crippen LogP contribution >= 0.6 is 23.2 Å². The number of hydrogen-bond donors (Lipinski definition) is 5. The van der Waals surface area contributed by atoms with E-state index < -0.39 is 105 Å². The molecule has 0 radical (unpaired) electrons. The first-order valence-corrected chi connectivity index (χ1v) is 36.7. The van der Waals surface area contributed by atoms with Crippen LogP contribution < -0.4 is 31.1 Å². The first kappa shape index (κ1) is 78.1. The number of amides is 8. The summed E-state index contributed by atoms with van der Waals surface area (Å²) >= 11 is 12.5. The number of ether oxygens (including phenoxy) is 2. The number of hydrogen-bond acceptors (Lipinski definition) is 14. The Morgan fingerprint density at radius 2 is 0.990 bits per heavy atom. The number of carbonyl (C=O) groups excluding carboxylic acids is 11. The number of nitrogens with zero attached hydrogens (tertiary/aromatic N) is 4. The Balaban J connectivity index is 0.000000250. The minimum Gasteiger partial charge on any atom is -0.458 e. The molecule has 8 aliphatic rings. The van der Waals surface area contributed by atoms with Gasteiger partial charge in [0.25, 0.3) is 17.6 Å². The average molecular weight is 1420 g/mol. The number of esters is 2. The Bertz CT molecular complexity index is 3280. The number of benzene rings is 2. The summed E-state index contributed by atoms with van der Waals surface area (Å²) in [5.74, 6) is -4.73. The first-order chi connectivity index (χ1) is 46.4. The van der Waals surface area contributed by atoms with E-state index in [-0.39, 0.29) is 120 Å². The van der Waals surface area contributed by atoms with Crippen LogP contribution in [0.5, 0.6) is 0 Å². The van der Waals surface area contributed by atoms with E-state index in [1.54, 1.807) is 58.3 Å². The second-order valence-corrected chi connectivity index (χ2v) is 32.5. The molecule has 4 aliphatic heterocycles. The van der Waals surface area contributed by atoms with Crippen LogP contribution in [0.4, 0.5) is 11.4 Å². The zero-order valence-electron chi connectivity index (χ0n) is 58.6. The molecule has 8 amide bonds. The molecule has 2 aromatic rings. The fourth-order valence-corrected chi connectivity index (χ4v) is 15.6. The molecule has 24 heteroatoms. The molecule has 4 saturated heterocycles. The monoisotopic (exact) mass is 1410 g/mol. The maximum absolute atomic E-state index is 14.6. The van der Waals surface area contributed by atoms with Crippen LogP contribution in [0.3, 0.4) is 0 Å². The minimum absolute atomic E-state index is 0. The Labute approximate surface area is 594 Å². The number of Topliss-reactive ketones (excluding diaryl/α,β-unsaturated/α-hetero) is 1. The number of nitrogens with one attached hydrogen (secondary N) is 4. The van der Waals surface area contributed by atoms with Crippen molar-refractivity contribution in [1.29, 1.82) is 0 Å². The topological polar surface area (TPSA) is 288 Å². The SMILES string of the molecule is C.CCC[C@H](OC(=O)[C@@H]1C[C@@]2(CC(=O)N(c3cccc(Cl)c3)C2)CN1C(=O)[C@@H](NC(=O)CC1CCCCC1)C(C)(C)C)C(=O)C(=O)NC1CC1.CCC[C@H](OC(=O)[C@@H]1C[C@]2(CC(=O)N(c3cccc(Cl)c3)C2)CN1C(=O)[C@@H](NC(=O)CC1CCCCC1)C(C)(C)C)C(O)C(=O)NC1CC1. The van der Waals surface area contributed by atoms with E-state index in [0.717, 1.165) is 77.0 Å². The summed E-state index contributed by atoms with van der Waals surface area (Å²) < 4.78 is 11.7. The third-order valence-electron chi connectivity index (χ3n) is 20.9. The summed E-state index contributed by atoms with van der Waals surface area (Å²) in [4.78, 5) is 156. The van der Waals surface area contributed by atoms with Crippen molar-refractivity contribution in [3.8, 4) is 0 Å². The van der Waals surface area contributed by atoms with Gasteiger partial charge in [-0.15, -0.1) is 0 Å². The number of halogens is 2. The van der Waals surface area contributed by atoms with Crippen molar-refractivity contribution in [3.05, 3.63) is 58.6 Å². The van der Waals surface area contributed by atoms with Crippen molar-refractivity contribution in [1.82, 2.24) is 31.1 Å². The van der Waals surface area contributed by atoms with Gasteiger partial charge in [0.2, 0.25) is 35.4 Å². The molecule has 99 heavy (non-hydrogen) atoms. The van der Waals surface area contributed by atoms with E-state index in [0.29, 0.717) is 47.1 Å². The molecule has 5 N–H and O–H groups in total. The molecule has 0 bridgehead atoms. The van der Waals surface area contributed by atoms with Crippen LogP contribution in [-0.4, -0.2) is 161 Å². The molecule has 8 fully saturated rings. The summed E-state index contributed by atoms with van der Waals surface area (Å²) in [7, 11) is 0. The zero-order valence-corrected chi connectivity index (χ0v) is 60.1. The van der Waals surface area contributed by atoms with Gasteiger partial charge in [-0.2, -0.15) is 0 Å². The number of aliphatic hydroxyl groups is 1. The molecular formula is C75H108Cl2N8O14. The Hall–Kier alpha value is -6.65. The highest BCUT2D eigenvalue weighted by atomic mass is 35.5. The van der Waals surface area contributed by atoms with E-state index in [9.17, 15) is 57.8 Å². The van der Waals surface area contributed by atoms with E-state index >= 15 is 0 Å². The van der Waals surface area contributed by atoms with Crippen LogP contribution in [-0.2, 0) is 62.2 Å². The number of anilines is 2. The summed E-state index contributed by atoms with van der Waals surface area (Å²) in [6.45, 7) is 15.6. The number of ketones is 1. The fourth-order valence-electron chi connectivity index (χ4n) is 15.2. The lowest BCUT2D eigenvalue weighted by molar-refractivity contribution is -0.166. The molecule has 22 nitrogen and oxygen atoms in total. The summed E-state index contributed by atoms with van der Waals surface area (Å²) in [5, 5.41) is 23.4. The molecular weight excluding hydrogens is 1310 g/mol. The lowest BCUT2D eigenvalue weighted by Crippen LogP contribution is -2.57. The van der Waals surface area contributed by atoms with Gasteiger partial charge in [0.15, 0.2) is 12.2 Å². The van der Waals surface area contributed by atoms with Gasteiger partial charge in [0, 0.05) is 96.2 Å². The van der Waals surface area contributed by atoms with Crippen molar-refractivity contribution < 1.29 is 67.3 Å². The van der Waals surface area contributed by atoms with Crippen molar-refractivity contribution >= 4 is 99.6 Å². The lowest BCUT2D eigenvalue weighted by Gasteiger charge is -2.36. The number of likely N-dealkylation sites (tertiary alicyclic amines) is 2. The van der Waals surface area contributed by atoms with Crippen molar-refractivity contribution in [2.45, 2.75) is 271 Å². The van der Waals surface area contributed by atoms with Crippen LogP contribution in [0.15, 0.2) is 48.5 Å². The molecule has 2 spiro atoms. The Morgan fingerprint density at radius 3 is 1.38 bits per heavy atom. The van der Waals surface area contributed by atoms with Gasteiger partial charge in [-0.05, 0) is 136 Å². The van der Waals surface area contributed by atoms with Gasteiger partial charge in [-0.3, -0.25) is 43.2 Å². The van der Waals surface area contributed by atoms with Crippen LogP contribution in [0.1, 0.15) is 217 Å². The highest BCUT2D eigenvalue weighted by Gasteiger charge is 2.59. The van der Waals surface area contributed by atoms with Gasteiger partial charge in [0.05, 0.1) is 0 Å². The molecule has 4 aliphatic carbocycles. The van der Waals surface area contributed by atoms with Gasteiger partial charge < -0.3 is 55.4 Å². The Kier molecular flexibility index (Phi) is 26.4. The van der Waals surface area contributed by atoms with Crippen LogP contribution in [0, 0.1) is 33.5 Å². The highest BCUT2D eigenvalue weighted by Crippen LogP contribution is 2.48. The number of carbonyl (C=O) groups is 11. The Morgan fingerprint density at radius 1 is 0.576 bits per heavy atom. The van der Waals surface area contributed by atoms with Gasteiger partial charge >= 0.3 is 11.9 Å². The molecule has 0 aromatic heterocycles. The third kappa shape index (κ3) is 20.3. The van der Waals surface area contributed by atoms with E-state index in [1.165, 1.54) is 22.6 Å². The van der Waals surface area contributed by atoms with Crippen LogP contribution in [0.25, 0.3) is 0 Å². The number of rotatable bonds is 24. The van der Waals surface area contributed by atoms with Crippen LogP contribution in [0.2, 0.25) is 10.0 Å². The van der Waals surface area contributed by atoms with E-state index in [1.807, 2.05) is 55.4 Å². The molecule has 4 saturated carbocycles. The molecule has 546 valence electrons. The summed E-state index contributed by atoms with van der Waals surface area (Å²) in [6.07, 6.45) is 12.6. The predicted molar refractivity (Wildman–Crippen MR) is 377 cm³/mol. The van der Waals surface area contributed by atoms with E-state index in [2.05, 4.69) is 21.3 Å². The quantitative estimate of drug-likeness (QED) is 0.0483. The van der Waals surface area contributed by atoms with Crippen molar-refractivity contribution in [3.63, 3.8) is 0 Å². The standard InChI is InChI=1S/C37H53ClN4O7.C37H51ClN4O7.CH4/c2*1-5-10-28(31(45)33(46)39-25-15-16-25)49-35(48)27-19-37(20-30(44)41(21-37)26-14-9-13-24(38)18-26)22-42(27)34(47)32(36(2,3)4)40-29(43)17-23-11-7-6-8-12-23;/h9,13-14,18,23,25,27-28,31-32,45H,5-8,10-12,15-17,19-22H2,1-4H3,(H,39,46)(H,40,43);9,13-14,18,23,25,27-28,32H,5-8,10-12,15-17,19-22H2,1-4H3,(H,39,46)(H,40,43);1H4/t27-,28-,31?,32+,37+;27-,28-,32+,37-;/m00./s1. The summed E-state index contributed by atoms with van der Waals surface area (Å²) in [6, 6.07) is 9.86. The molecule has 9 atom stereocenters. The first-order valence-electron chi connectivity index (χ1n) is 35.9. The average Bonchev–Trinajstić information content (AvgIpc) is 1.60. The van der Waals surface area contributed by atoms with Gasteiger partial charge in [0.1, 0.15) is 30.3 Å². The zero-order chi connectivity index (χ0) is 71.0. The minimum atomic E-state index is -1.56.